The number of aromatic nitrogens is 2. The lowest BCUT2D eigenvalue weighted by Crippen LogP contribution is -2.27. The van der Waals surface area contributed by atoms with Crippen molar-refractivity contribution in [1.29, 1.82) is 0 Å². The summed E-state index contributed by atoms with van der Waals surface area (Å²) in [6.07, 6.45) is 0.757. The van der Waals surface area contributed by atoms with Crippen molar-refractivity contribution in [2.75, 3.05) is 33.1 Å². The van der Waals surface area contributed by atoms with Gasteiger partial charge in [0, 0.05) is 23.9 Å². The molecule has 3 aromatic rings. The summed E-state index contributed by atoms with van der Waals surface area (Å²) in [6.45, 7) is 1.29. The lowest BCUT2D eigenvalue weighted by molar-refractivity contribution is -0.383. The van der Waals surface area contributed by atoms with Crippen molar-refractivity contribution in [2.24, 2.45) is 0 Å². The van der Waals surface area contributed by atoms with Crippen LogP contribution in [0, 0.1) is 10.1 Å². The van der Waals surface area contributed by atoms with Crippen molar-refractivity contribution < 1.29 is 9.66 Å². The molecule has 150 valence electrons. The number of ether oxygens (including phenoxy) is 1. The van der Waals surface area contributed by atoms with Crippen molar-refractivity contribution >= 4 is 28.0 Å². The fraction of sp³-hybridized carbons (Fsp3) is 0.300. The summed E-state index contributed by atoms with van der Waals surface area (Å²) in [7, 11) is 5.50. The Morgan fingerprint density at radius 1 is 1.28 bits per heavy atom. The predicted molar refractivity (Wildman–Crippen MR) is 111 cm³/mol. The van der Waals surface area contributed by atoms with E-state index in [1.165, 1.54) is 6.07 Å². The van der Waals surface area contributed by atoms with Gasteiger partial charge in [0.2, 0.25) is 0 Å². The second-order valence-electron chi connectivity index (χ2n) is 7.20. The van der Waals surface area contributed by atoms with Gasteiger partial charge in [0.25, 0.3) is 5.69 Å². The molecule has 1 aliphatic rings. The van der Waals surface area contributed by atoms with Crippen molar-refractivity contribution in [3.05, 3.63) is 50.9 Å². The minimum absolute atomic E-state index is 0.0551. The van der Waals surface area contributed by atoms with Crippen LogP contribution in [0.15, 0.2) is 35.1 Å². The molecule has 0 saturated heterocycles. The number of rotatable bonds is 6. The summed E-state index contributed by atoms with van der Waals surface area (Å²) in [5.74, 6) is 0.615. The third-order valence-corrected chi connectivity index (χ3v) is 5.05. The van der Waals surface area contributed by atoms with Gasteiger partial charge in [0.15, 0.2) is 0 Å². The molecule has 29 heavy (non-hydrogen) atoms. The van der Waals surface area contributed by atoms with Crippen LogP contribution in [-0.2, 0) is 6.54 Å². The van der Waals surface area contributed by atoms with Crippen molar-refractivity contribution in [2.45, 2.75) is 13.0 Å². The number of hydrogen-bond acceptors (Lipinski definition) is 7. The van der Waals surface area contributed by atoms with E-state index in [1.54, 1.807) is 35.9 Å². The Hall–Kier alpha value is -3.46. The van der Waals surface area contributed by atoms with E-state index in [9.17, 15) is 14.9 Å². The van der Waals surface area contributed by atoms with Crippen LogP contribution < -0.4 is 15.7 Å². The molecule has 0 aliphatic carbocycles. The van der Waals surface area contributed by atoms with Crippen LogP contribution in [0.4, 0.5) is 17.1 Å². The molecule has 1 aromatic heterocycles. The fourth-order valence-corrected chi connectivity index (χ4v) is 3.68. The molecule has 0 atom stereocenters. The average molecular weight is 395 g/mol. The molecule has 0 bridgehead atoms. The lowest BCUT2D eigenvalue weighted by atomic mass is 9.97. The molecule has 0 amide bonds. The number of benzene rings is 2. The van der Waals surface area contributed by atoms with E-state index in [4.69, 9.17) is 4.74 Å². The molecule has 1 N–H and O–H groups in total. The number of fused-ring (bicyclic) bond motifs is 2. The van der Waals surface area contributed by atoms with Gasteiger partial charge < -0.3 is 15.0 Å². The SMILES string of the molecule is COc1ccc2c(c1)-c1nc(=O)n(CCCN(C)C)c3ccc([N+](=O)[O-])c(c13)N2. The van der Waals surface area contributed by atoms with E-state index < -0.39 is 4.92 Å². The van der Waals surface area contributed by atoms with E-state index in [0.717, 1.165) is 13.0 Å². The summed E-state index contributed by atoms with van der Waals surface area (Å²) < 4.78 is 6.89. The van der Waals surface area contributed by atoms with Crippen LogP contribution in [0.25, 0.3) is 22.2 Å². The van der Waals surface area contributed by atoms with Crippen LogP contribution >= 0.6 is 0 Å². The normalized spacial score (nSPS) is 12.0. The monoisotopic (exact) mass is 395 g/mol. The molecular formula is C20H21N5O4. The number of hydrogen-bond donors (Lipinski definition) is 1. The minimum atomic E-state index is -0.429. The number of nitro benzene ring substituents is 1. The number of anilines is 2. The smallest absolute Gasteiger partial charge is 0.348 e. The molecule has 4 rings (SSSR count). The topological polar surface area (TPSA) is 103 Å². The number of nitrogens with zero attached hydrogens (tertiary/aromatic N) is 4. The van der Waals surface area contributed by atoms with Gasteiger partial charge in [-0.15, -0.1) is 0 Å². The maximum Gasteiger partial charge on any atom is 0.348 e. The maximum absolute atomic E-state index is 12.9. The molecule has 0 saturated carbocycles. The fourth-order valence-electron chi connectivity index (χ4n) is 3.68. The Bertz CT molecular complexity index is 1190. The van der Waals surface area contributed by atoms with Gasteiger partial charge in [-0.1, -0.05) is 0 Å². The predicted octanol–water partition coefficient (Wildman–Crippen LogP) is 2.99. The number of nitrogens with one attached hydrogen (secondary N) is 1. The van der Waals surface area contributed by atoms with Crippen LogP contribution in [0.5, 0.6) is 5.75 Å². The van der Waals surface area contributed by atoms with E-state index in [-0.39, 0.29) is 11.4 Å². The van der Waals surface area contributed by atoms with E-state index in [2.05, 4.69) is 10.3 Å². The summed E-state index contributed by atoms with van der Waals surface area (Å²) in [4.78, 5) is 30.4. The van der Waals surface area contributed by atoms with E-state index in [0.29, 0.717) is 45.8 Å². The molecule has 2 aromatic carbocycles. The summed E-state index contributed by atoms with van der Waals surface area (Å²) in [6, 6.07) is 8.37. The third-order valence-electron chi connectivity index (χ3n) is 5.05. The van der Waals surface area contributed by atoms with Gasteiger partial charge in [-0.2, -0.15) is 4.98 Å². The minimum Gasteiger partial charge on any atom is -0.497 e. The standard InChI is InChI=1S/C20H21N5O4/c1-23(2)9-4-10-24-15-7-8-16(25(27)28)19-17(15)18(22-20(24)26)13-11-12(29-3)5-6-14(13)21-19/h5-8,11,21H,4,9-10H2,1-3H3. The third kappa shape index (κ3) is 3.19. The number of methoxy groups -OCH3 is 1. The second kappa shape index (κ2) is 7.17. The molecular weight excluding hydrogens is 374 g/mol. The maximum atomic E-state index is 12.9. The van der Waals surface area contributed by atoms with Gasteiger partial charge >= 0.3 is 5.69 Å². The highest BCUT2D eigenvalue weighted by Crippen LogP contribution is 2.46. The van der Waals surface area contributed by atoms with Crippen molar-refractivity contribution in [1.82, 2.24) is 14.5 Å². The lowest BCUT2D eigenvalue weighted by Gasteiger charge is -2.23. The molecule has 0 unspecified atom stereocenters. The van der Waals surface area contributed by atoms with E-state index in [1.807, 2.05) is 19.0 Å². The molecule has 0 spiro atoms. The quantitative estimate of drug-likeness (QED) is 0.395. The van der Waals surface area contributed by atoms with Crippen LogP contribution in [0.1, 0.15) is 6.42 Å². The van der Waals surface area contributed by atoms with Gasteiger partial charge in [0.05, 0.1) is 28.6 Å². The summed E-state index contributed by atoms with van der Waals surface area (Å²) in [5.41, 5.74) is 2.31. The zero-order valence-electron chi connectivity index (χ0n) is 16.4. The van der Waals surface area contributed by atoms with Gasteiger partial charge in [-0.25, -0.2) is 4.79 Å². The molecule has 0 radical (unpaired) electrons. The summed E-state index contributed by atoms with van der Waals surface area (Å²) in [5, 5.41) is 15.4. The summed E-state index contributed by atoms with van der Waals surface area (Å²) >= 11 is 0. The van der Waals surface area contributed by atoms with Crippen LogP contribution in [0.2, 0.25) is 0 Å². The first-order chi connectivity index (χ1) is 13.9. The highest BCUT2D eigenvalue weighted by molar-refractivity contribution is 6.11. The largest absolute Gasteiger partial charge is 0.497 e. The zero-order chi connectivity index (χ0) is 20.7. The highest BCUT2D eigenvalue weighted by Gasteiger charge is 2.28. The Balaban J connectivity index is 1.99. The molecule has 2 heterocycles. The van der Waals surface area contributed by atoms with Gasteiger partial charge in [-0.3, -0.25) is 14.7 Å². The molecule has 9 nitrogen and oxygen atoms in total. The Morgan fingerprint density at radius 3 is 2.76 bits per heavy atom. The average Bonchev–Trinajstić information content (AvgIpc) is 2.69. The van der Waals surface area contributed by atoms with Gasteiger partial charge in [0.1, 0.15) is 11.4 Å². The van der Waals surface area contributed by atoms with E-state index >= 15 is 0 Å². The zero-order valence-corrected chi connectivity index (χ0v) is 16.4. The Labute approximate surface area is 166 Å². The van der Waals surface area contributed by atoms with Crippen molar-refractivity contribution in [3.63, 3.8) is 0 Å². The van der Waals surface area contributed by atoms with Gasteiger partial charge in [-0.05, 0) is 51.3 Å². The highest BCUT2D eigenvalue weighted by atomic mass is 16.6. The van der Waals surface area contributed by atoms with Crippen LogP contribution in [0.3, 0.4) is 0 Å². The number of nitro groups is 1. The number of aryl methyl sites for hydroxylation is 1. The first-order valence-corrected chi connectivity index (χ1v) is 9.23. The molecule has 1 aliphatic heterocycles. The first kappa shape index (κ1) is 18.9. The molecule has 0 fully saturated rings. The molecule has 9 heteroatoms. The van der Waals surface area contributed by atoms with Crippen LogP contribution in [-0.4, -0.2) is 47.1 Å². The first-order valence-electron chi connectivity index (χ1n) is 9.23. The Morgan fingerprint density at radius 2 is 2.07 bits per heavy atom. The van der Waals surface area contributed by atoms with Crippen molar-refractivity contribution in [3.8, 4) is 17.0 Å². The Kier molecular flexibility index (Phi) is 4.67. The second-order valence-corrected chi connectivity index (χ2v) is 7.20.